The number of nitrogen functional groups attached to an aromatic ring is 1. The van der Waals surface area contributed by atoms with Crippen molar-refractivity contribution in [3.05, 3.63) is 29.3 Å². The van der Waals surface area contributed by atoms with Gasteiger partial charge in [-0.1, -0.05) is 0 Å². The monoisotopic (exact) mass is 263 g/mol. The zero-order valence-electron chi connectivity index (χ0n) is 12.4. The molecule has 19 heavy (non-hydrogen) atoms. The number of aryl methyl sites for hydroxylation is 1. The second kappa shape index (κ2) is 7.14. The molecule has 0 saturated carbocycles. The highest BCUT2D eigenvalue weighted by Crippen LogP contribution is 2.12. The van der Waals surface area contributed by atoms with Crippen LogP contribution >= 0.6 is 0 Å². The lowest BCUT2D eigenvalue weighted by atomic mass is 10.1. The molecule has 0 fully saturated rings. The average molecular weight is 263 g/mol. The fourth-order valence-electron chi connectivity index (χ4n) is 1.83. The molecule has 0 atom stereocenters. The number of hydrogen-bond acceptors (Lipinski definition) is 3. The number of hydrogen-bond donors (Lipinski definition) is 2. The van der Waals surface area contributed by atoms with E-state index in [9.17, 15) is 4.79 Å². The maximum atomic E-state index is 12.0. The minimum atomic E-state index is -0.0234. The maximum absolute atomic E-state index is 12.0. The van der Waals surface area contributed by atoms with Gasteiger partial charge in [-0.2, -0.15) is 0 Å². The highest BCUT2D eigenvalue weighted by Gasteiger charge is 2.08. The van der Waals surface area contributed by atoms with Crippen molar-refractivity contribution in [2.75, 3.05) is 25.9 Å². The Morgan fingerprint density at radius 1 is 1.42 bits per heavy atom. The Morgan fingerprint density at radius 2 is 2.11 bits per heavy atom. The summed E-state index contributed by atoms with van der Waals surface area (Å²) in [5.41, 5.74) is 7.98. The molecule has 3 N–H and O–H groups in total. The van der Waals surface area contributed by atoms with Gasteiger partial charge in [-0.15, -0.1) is 0 Å². The van der Waals surface area contributed by atoms with E-state index in [-0.39, 0.29) is 5.91 Å². The van der Waals surface area contributed by atoms with Crippen LogP contribution in [0.2, 0.25) is 0 Å². The Balaban J connectivity index is 2.39. The van der Waals surface area contributed by atoms with Gasteiger partial charge in [-0.3, -0.25) is 4.79 Å². The van der Waals surface area contributed by atoms with E-state index in [1.54, 1.807) is 12.1 Å². The van der Waals surface area contributed by atoms with Crippen molar-refractivity contribution in [1.29, 1.82) is 0 Å². The van der Waals surface area contributed by atoms with E-state index in [1.165, 1.54) is 0 Å². The molecule has 0 aromatic heterocycles. The van der Waals surface area contributed by atoms with Crippen molar-refractivity contribution in [1.82, 2.24) is 10.2 Å². The maximum Gasteiger partial charge on any atom is 0.251 e. The number of benzene rings is 1. The van der Waals surface area contributed by atoms with Crippen LogP contribution in [0.25, 0.3) is 0 Å². The summed E-state index contributed by atoms with van der Waals surface area (Å²) in [5.74, 6) is -0.0234. The predicted molar refractivity (Wildman–Crippen MR) is 80.3 cm³/mol. The number of rotatable bonds is 6. The highest BCUT2D eigenvalue weighted by molar-refractivity contribution is 5.95. The molecule has 4 heteroatoms. The molecule has 0 saturated heterocycles. The minimum Gasteiger partial charge on any atom is -0.399 e. The van der Waals surface area contributed by atoms with Crippen LogP contribution in [0, 0.1) is 6.92 Å². The summed E-state index contributed by atoms with van der Waals surface area (Å²) in [6, 6.07) is 5.89. The van der Waals surface area contributed by atoms with Gasteiger partial charge < -0.3 is 16.0 Å². The van der Waals surface area contributed by atoms with Crippen molar-refractivity contribution in [2.45, 2.75) is 33.2 Å². The van der Waals surface area contributed by atoms with E-state index in [0.29, 0.717) is 23.8 Å². The van der Waals surface area contributed by atoms with Gasteiger partial charge in [0.05, 0.1) is 0 Å². The summed E-state index contributed by atoms with van der Waals surface area (Å²) in [7, 11) is 2.09. The van der Waals surface area contributed by atoms with Crippen molar-refractivity contribution >= 4 is 11.6 Å². The van der Waals surface area contributed by atoms with Crippen LogP contribution < -0.4 is 11.1 Å². The van der Waals surface area contributed by atoms with Crippen LogP contribution in [0.4, 0.5) is 5.69 Å². The van der Waals surface area contributed by atoms with Crippen LogP contribution in [-0.4, -0.2) is 37.0 Å². The molecule has 106 valence electrons. The molecular formula is C15H25N3O. The topological polar surface area (TPSA) is 58.4 Å². The number of nitrogens with one attached hydrogen (secondary N) is 1. The first-order chi connectivity index (χ1) is 8.91. The second-order valence-corrected chi connectivity index (χ2v) is 5.26. The summed E-state index contributed by atoms with van der Waals surface area (Å²) >= 11 is 0. The molecule has 0 aliphatic heterocycles. The molecule has 1 aromatic carbocycles. The Morgan fingerprint density at radius 3 is 2.68 bits per heavy atom. The van der Waals surface area contributed by atoms with Crippen molar-refractivity contribution in [2.24, 2.45) is 0 Å². The van der Waals surface area contributed by atoms with Gasteiger partial charge in [0.1, 0.15) is 0 Å². The Bertz CT molecular complexity index is 429. The first-order valence-electron chi connectivity index (χ1n) is 6.76. The third-order valence-corrected chi connectivity index (χ3v) is 3.35. The lowest BCUT2D eigenvalue weighted by molar-refractivity contribution is 0.0951. The number of nitrogens with zero attached hydrogens (tertiary/aromatic N) is 1. The minimum absolute atomic E-state index is 0.0234. The number of amides is 1. The largest absolute Gasteiger partial charge is 0.399 e. The third-order valence-electron chi connectivity index (χ3n) is 3.35. The fraction of sp³-hybridized carbons (Fsp3) is 0.533. The molecular weight excluding hydrogens is 238 g/mol. The zero-order chi connectivity index (χ0) is 14.4. The lowest BCUT2D eigenvalue weighted by Crippen LogP contribution is -2.31. The van der Waals surface area contributed by atoms with Gasteiger partial charge >= 0.3 is 0 Å². The van der Waals surface area contributed by atoms with Gasteiger partial charge in [0, 0.05) is 23.8 Å². The van der Waals surface area contributed by atoms with Crippen molar-refractivity contribution < 1.29 is 4.79 Å². The van der Waals surface area contributed by atoms with E-state index >= 15 is 0 Å². The van der Waals surface area contributed by atoms with Crippen LogP contribution in [-0.2, 0) is 0 Å². The van der Waals surface area contributed by atoms with Crippen molar-refractivity contribution in [3.63, 3.8) is 0 Å². The van der Waals surface area contributed by atoms with Gasteiger partial charge in [-0.05, 0) is 64.5 Å². The molecule has 0 spiro atoms. The molecule has 4 nitrogen and oxygen atoms in total. The van der Waals surface area contributed by atoms with E-state index < -0.39 is 0 Å². The van der Waals surface area contributed by atoms with E-state index in [0.717, 1.165) is 18.5 Å². The van der Waals surface area contributed by atoms with Gasteiger partial charge in [-0.25, -0.2) is 0 Å². The highest BCUT2D eigenvalue weighted by atomic mass is 16.1. The fourth-order valence-corrected chi connectivity index (χ4v) is 1.83. The first-order valence-corrected chi connectivity index (χ1v) is 6.76. The van der Waals surface area contributed by atoms with Gasteiger partial charge in [0.25, 0.3) is 5.91 Å². The number of anilines is 1. The SMILES string of the molecule is Cc1cc(N)ccc1C(=O)NCCCN(C)C(C)C. The van der Waals surface area contributed by atoms with E-state index in [1.807, 2.05) is 13.0 Å². The average Bonchev–Trinajstić information content (AvgIpc) is 2.33. The normalized spacial score (nSPS) is 11.1. The summed E-state index contributed by atoms with van der Waals surface area (Å²) in [6.07, 6.45) is 0.953. The Kier molecular flexibility index (Phi) is 5.83. The summed E-state index contributed by atoms with van der Waals surface area (Å²) in [4.78, 5) is 14.3. The number of carbonyl (C=O) groups is 1. The van der Waals surface area contributed by atoms with Crippen LogP contribution in [0.15, 0.2) is 18.2 Å². The summed E-state index contributed by atoms with van der Waals surface area (Å²) < 4.78 is 0. The predicted octanol–water partition coefficient (Wildman–Crippen LogP) is 2.04. The van der Waals surface area contributed by atoms with Crippen LogP contribution in [0.3, 0.4) is 0 Å². The number of nitrogens with two attached hydrogens (primary N) is 1. The Hall–Kier alpha value is -1.55. The third kappa shape index (κ3) is 4.91. The zero-order valence-corrected chi connectivity index (χ0v) is 12.4. The molecule has 0 bridgehead atoms. The van der Waals surface area contributed by atoms with Crippen LogP contribution in [0.1, 0.15) is 36.2 Å². The molecule has 1 amide bonds. The molecule has 0 aliphatic rings. The van der Waals surface area contributed by atoms with E-state index in [4.69, 9.17) is 5.73 Å². The molecule has 0 radical (unpaired) electrons. The molecule has 1 aromatic rings. The molecule has 0 aliphatic carbocycles. The lowest BCUT2D eigenvalue weighted by Gasteiger charge is -2.20. The van der Waals surface area contributed by atoms with Crippen molar-refractivity contribution in [3.8, 4) is 0 Å². The number of carbonyl (C=O) groups excluding carboxylic acids is 1. The standard InChI is InChI=1S/C15H25N3O/c1-11(2)18(4)9-5-8-17-15(19)14-7-6-13(16)10-12(14)3/h6-7,10-11H,5,8-9,16H2,1-4H3,(H,17,19). The Labute approximate surface area is 116 Å². The smallest absolute Gasteiger partial charge is 0.251 e. The first kappa shape index (κ1) is 15.5. The van der Waals surface area contributed by atoms with Crippen LogP contribution in [0.5, 0.6) is 0 Å². The van der Waals surface area contributed by atoms with E-state index in [2.05, 4.69) is 31.1 Å². The summed E-state index contributed by atoms with van der Waals surface area (Å²) in [5, 5.41) is 2.95. The van der Waals surface area contributed by atoms with Gasteiger partial charge in [0.2, 0.25) is 0 Å². The summed E-state index contributed by atoms with van der Waals surface area (Å²) in [6.45, 7) is 7.91. The molecule has 0 heterocycles. The molecule has 1 rings (SSSR count). The quantitative estimate of drug-likeness (QED) is 0.610. The molecule has 0 unspecified atom stereocenters. The van der Waals surface area contributed by atoms with Gasteiger partial charge in [0.15, 0.2) is 0 Å². The second-order valence-electron chi connectivity index (χ2n) is 5.26.